The van der Waals surface area contributed by atoms with Gasteiger partial charge in [0.25, 0.3) is 0 Å². The van der Waals surface area contributed by atoms with E-state index in [4.69, 9.17) is 14.7 Å². The molecule has 8 aliphatic rings. The molecule has 7 fully saturated rings. The Labute approximate surface area is 415 Å². The number of hydrogen-bond donors (Lipinski definition) is 2. The van der Waals surface area contributed by atoms with Crippen LogP contribution in [-0.2, 0) is 29.4 Å². The van der Waals surface area contributed by atoms with E-state index in [9.17, 15) is 19.2 Å². The molecule has 2 atom stereocenters. The molecule has 3 aliphatic carbocycles. The molecule has 4 saturated heterocycles. The second kappa shape index (κ2) is 18.6. The van der Waals surface area contributed by atoms with Gasteiger partial charge in [0.15, 0.2) is 5.82 Å². The minimum atomic E-state index is -0.692. The lowest BCUT2D eigenvalue weighted by Gasteiger charge is -2.48. The van der Waals surface area contributed by atoms with Crippen molar-refractivity contribution in [2.45, 2.75) is 158 Å². The van der Waals surface area contributed by atoms with Crippen LogP contribution in [0.25, 0.3) is 22.3 Å². The Morgan fingerprint density at radius 3 is 2.30 bits per heavy atom. The third-order valence-corrected chi connectivity index (χ3v) is 17.6. The summed E-state index contributed by atoms with van der Waals surface area (Å²) in [6.07, 6.45) is 17.0. The molecule has 1 unspecified atom stereocenters. The highest BCUT2D eigenvalue weighted by molar-refractivity contribution is 6.09. The van der Waals surface area contributed by atoms with Crippen LogP contribution in [0.15, 0.2) is 48.9 Å². The molecule has 5 aliphatic heterocycles. The normalized spacial score (nSPS) is 27.8. The number of likely N-dealkylation sites (tertiary alicyclic amines) is 3. The Hall–Kier alpha value is -5.90. The van der Waals surface area contributed by atoms with Gasteiger partial charge in [-0.05, 0) is 140 Å². The number of ether oxygens (including phenoxy) is 1. The van der Waals surface area contributed by atoms with E-state index in [1.54, 1.807) is 12.3 Å². The number of anilines is 2. The number of rotatable bonds is 11. The Morgan fingerprint density at radius 1 is 0.803 bits per heavy atom. The van der Waals surface area contributed by atoms with Gasteiger partial charge in [0.1, 0.15) is 11.6 Å². The molecule has 0 bridgehead atoms. The molecule has 2 N–H and O–H groups in total. The van der Waals surface area contributed by atoms with Gasteiger partial charge in [-0.15, -0.1) is 0 Å². The first-order valence-electron chi connectivity index (χ1n) is 26.9. The fourth-order valence-corrected chi connectivity index (χ4v) is 13.1. The molecule has 3 saturated carbocycles. The Balaban J connectivity index is 0.697. The van der Waals surface area contributed by atoms with Gasteiger partial charge in [0.05, 0.1) is 34.8 Å². The summed E-state index contributed by atoms with van der Waals surface area (Å²) in [6.45, 7) is 8.67. The number of nitrogens with one attached hydrogen (secondary N) is 2. The van der Waals surface area contributed by atoms with Gasteiger partial charge in [-0.1, -0.05) is 24.6 Å². The first-order valence-corrected chi connectivity index (χ1v) is 26.9. The fourth-order valence-electron chi connectivity index (χ4n) is 13.1. The predicted molar refractivity (Wildman–Crippen MR) is 268 cm³/mol. The van der Waals surface area contributed by atoms with Crippen LogP contribution in [0.3, 0.4) is 0 Å². The zero-order valence-corrected chi connectivity index (χ0v) is 41.3. The highest BCUT2D eigenvalue weighted by atomic mass is 16.5. The molecule has 0 radical (unpaired) electrons. The number of carbonyl (C=O) groups is 5. The quantitative estimate of drug-likeness (QED) is 0.150. The first-order chi connectivity index (χ1) is 34.5. The molecule has 374 valence electrons. The number of imidazole rings is 1. The molecule has 71 heavy (non-hydrogen) atoms. The van der Waals surface area contributed by atoms with E-state index in [0.717, 1.165) is 96.5 Å². The van der Waals surface area contributed by atoms with Gasteiger partial charge in [0, 0.05) is 86.2 Å². The maximum Gasteiger partial charge on any atom is 0.238 e. The van der Waals surface area contributed by atoms with Crippen LogP contribution in [0.4, 0.5) is 11.5 Å². The average molecular weight is 965 g/mol. The molecule has 4 aromatic rings. The van der Waals surface area contributed by atoms with Crippen molar-refractivity contribution in [3.8, 4) is 17.1 Å². The van der Waals surface area contributed by atoms with E-state index in [-0.39, 0.29) is 59.6 Å². The maximum absolute atomic E-state index is 15.2. The van der Waals surface area contributed by atoms with E-state index in [2.05, 4.69) is 68.1 Å². The molecular weight excluding hydrogens is 897 g/mol. The van der Waals surface area contributed by atoms with E-state index in [1.165, 1.54) is 19.3 Å². The highest BCUT2D eigenvalue weighted by Crippen LogP contribution is 2.52. The predicted octanol–water partition coefficient (Wildman–Crippen LogP) is 6.88. The van der Waals surface area contributed by atoms with Gasteiger partial charge >= 0.3 is 0 Å². The summed E-state index contributed by atoms with van der Waals surface area (Å²) >= 11 is 0. The summed E-state index contributed by atoms with van der Waals surface area (Å²) in [5.74, 6) is 0.496. The maximum atomic E-state index is 15.2. The third-order valence-electron chi connectivity index (χ3n) is 17.6. The van der Waals surface area contributed by atoms with Crippen LogP contribution < -0.4 is 20.3 Å². The summed E-state index contributed by atoms with van der Waals surface area (Å²) in [4.78, 5) is 90.5. The van der Waals surface area contributed by atoms with E-state index in [1.807, 2.05) is 22.2 Å². The van der Waals surface area contributed by atoms with Crippen molar-refractivity contribution < 1.29 is 28.7 Å². The van der Waals surface area contributed by atoms with Crippen molar-refractivity contribution >= 4 is 52.1 Å². The molecule has 12 rings (SSSR count). The summed E-state index contributed by atoms with van der Waals surface area (Å²) < 4.78 is 8.40. The standard InChI is InChI=1S/C55H68N10O6/c1-33(2)64-32-57-45-29-44(59-50(49(45)64)58-38-10-11-38)35-8-15-43-46(26-35)65(40-27-39(28-40)61-21-4-3-5-22-61)54(70)55(43)19-24-62(25-20-55)53(69)37-18-23-63(31-37)52(68)34-6-12-41(13-7-34)71-48-17-9-36(30-56-48)42-14-16-47(66)60-51(42)67/h8-9,15,17,26,29-30,32-34,37-42H,3-7,10-14,16,18-25,27-28,31H2,1-2H3,(H,58,59)(H,60,66,67)/t34?,37-,39?,40?,41?,42?/m1/s1. The van der Waals surface area contributed by atoms with Crippen LogP contribution in [0.1, 0.15) is 140 Å². The fraction of sp³-hybridized carbons (Fsp3) is 0.600. The molecular formula is C55H68N10O6. The minimum absolute atomic E-state index is 0.0586. The van der Waals surface area contributed by atoms with Gasteiger partial charge in [0.2, 0.25) is 35.4 Å². The number of piperidine rings is 3. The second-order valence-corrected chi connectivity index (χ2v) is 22.4. The lowest BCUT2D eigenvalue weighted by atomic mass is 9.73. The molecule has 8 heterocycles. The molecule has 1 spiro atoms. The SMILES string of the molecule is CC(C)n1cnc2cc(-c3ccc4c(c3)N(C3CC(N5CCCCC5)C3)C(=O)C43CCN(C(=O)[C@@H]4CCN(C(=O)C5CCC(Oc6ccc(C7CCC(=O)NC7=O)cn6)CC5)C4)CC3)nc(NC3CC3)c21. The van der Waals surface area contributed by atoms with Crippen LogP contribution >= 0.6 is 0 Å². The monoisotopic (exact) mass is 965 g/mol. The lowest BCUT2D eigenvalue weighted by molar-refractivity contribution is -0.140. The van der Waals surface area contributed by atoms with Crippen LogP contribution in [0.5, 0.6) is 5.88 Å². The number of fused-ring (bicyclic) bond motifs is 3. The Bertz CT molecular complexity index is 2720. The largest absolute Gasteiger partial charge is 0.474 e. The minimum Gasteiger partial charge on any atom is -0.474 e. The number of benzene rings is 1. The zero-order valence-electron chi connectivity index (χ0n) is 41.3. The summed E-state index contributed by atoms with van der Waals surface area (Å²) in [5.41, 5.74) is 5.92. The van der Waals surface area contributed by atoms with E-state index >= 15 is 4.79 Å². The van der Waals surface area contributed by atoms with Crippen molar-refractivity contribution in [1.82, 2.24) is 39.5 Å². The zero-order chi connectivity index (χ0) is 48.5. The van der Waals surface area contributed by atoms with E-state index in [0.29, 0.717) is 89.1 Å². The average Bonchev–Trinajstić information content (AvgIpc) is 3.76. The van der Waals surface area contributed by atoms with Crippen LogP contribution in [-0.4, -0.2) is 127 Å². The summed E-state index contributed by atoms with van der Waals surface area (Å²) in [6, 6.07) is 13.6. The number of nitrogens with zero attached hydrogens (tertiary/aromatic N) is 8. The number of aromatic nitrogens is 4. The highest BCUT2D eigenvalue weighted by Gasteiger charge is 2.56. The molecule has 16 heteroatoms. The van der Waals surface area contributed by atoms with Crippen molar-refractivity contribution in [1.29, 1.82) is 0 Å². The number of imide groups is 1. The van der Waals surface area contributed by atoms with Gasteiger partial charge in [-0.25, -0.2) is 15.0 Å². The summed E-state index contributed by atoms with van der Waals surface area (Å²) in [5, 5.41) is 6.10. The number of pyridine rings is 2. The Kier molecular flexibility index (Phi) is 12.1. The van der Waals surface area contributed by atoms with Gasteiger partial charge in [-0.3, -0.25) is 29.3 Å². The number of amides is 5. The summed E-state index contributed by atoms with van der Waals surface area (Å²) in [7, 11) is 0. The topological polar surface area (TPSA) is 175 Å². The molecule has 16 nitrogen and oxygen atoms in total. The van der Waals surface area contributed by atoms with Crippen molar-refractivity contribution in [2.24, 2.45) is 11.8 Å². The van der Waals surface area contributed by atoms with Gasteiger partial charge in [-0.2, -0.15) is 0 Å². The van der Waals surface area contributed by atoms with Gasteiger partial charge < -0.3 is 34.2 Å². The second-order valence-electron chi connectivity index (χ2n) is 22.4. The van der Waals surface area contributed by atoms with Crippen molar-refractivity contribution in [3.05, 3.63) is 60.0 Å². The number of carbonyl (C=O) groups excluding carboxylic acids is 5. The number of hydrogen-bond acceptors (Lipinski definition) is 11. The third kappa shape index (κ3) is 8.64. The Morgan fingerprint density at radius 2 is 1.58 bits per heavy atom. The van der Waals surface area contributed by atoms with E-state index < -0.39 is 11.3 Å². The lowest BCUT2D eigenvalue weighted by Crippen LogP contribution is -2.58. The van der Waals surface area contributed by atoms with Crippen LogP contribution in [0.2, 0.25) is 0 Å². The first kappa shape index (κ1) is 46.2. The molecule has 1 aromatic carbocycles. The van der Waals surface area contributed by atoms with Crippen molar-refractivity contribution in [2.75, 3.05) is 49.5 Å². The smallest absolute Gasteiger partial charge is 0.238 e. The molecule has 5 amide bonds. The van der Waals surface area contributed by atoms with Crippen molar-refractivity contribution in [3.63, 3.8) is 0 Å². The van der Waals surface area contributed by atoms with Crippen LogP contribution in [0, 0.1) is 11.8 Å². The molecule has 3 aromatic heterocycles.